The molecule has 1 amide bonds. The molecule has 3 rings (SSSR count). The monoisotopic (exact) mass is 363 g/mol. The maximum absolute atomic E-state index is 12.1. The minimum atomic E-state index is -0.815. The molecule has 0 radical (unpaired) electrons. The Hall–Kier alpha value is -2.22. The molecule has 0 atom stereocenters. The number of aliphatic carboxylic acids is 1. The van der Waals surface area contributed by atoms with Gasteiger partial charge in [0.2, 0.25) is 17.7 Å². The second-order valence-electron chi connectivity index (χ2n) is 6.44. The highest BCUT2D eigenvalue weighted by Gasteiger charge is 2.39. The van der Waals surface area contributed by atoms with Crippen molar-refractivity contribution in [3.8, 4) is 11.5 Å². The fourth-order valence-corrected chi connectivity index (χ4v) is 3.76. The first-order valence-electron chi connectivity index (χ1n) is 8.44. The highest BCUT2D eigenvalue weighted by Crippen LogP contribution is 2.36. The first-order chi connectivity index (χ1) is 12.1. The van der Waals surface area contributed by atoms with Crippen molar-refractivity contribution in [2.24, 2.45) is 5.41 Å². The van der Waals surface area contributed by atoms with E-state index in [0.29, 0.717) is 31.0 Å². The van der Waals surface area contributed by atoms with Crippen LogP contribution in [0.25, 0.3) is 11.5 Å². The summed E-state index contributed by atoms with van der Waals surface area (Å²) in [7, 11) is 0. The first-order valence-corrected chi connectivity index (χ1v) is 9.38. The normalized spacial score (nSPS) is 16.5. The van der Waals surface area contributed by atoms with Crippen LogP contribution in [-0.4, -0.2) is 33.7 Å². The summed E-state index contributed by atoms with van der Waals surface area (Å²) in [5.41, 5.74) is 0.0544. The zero-order valence-corrected chi connectivity index (χ0v) is 14.7. The molecule has 1 aliphatic carbocycles. The molecule has 1 fully saturated rings. The van der Waals surface area contributed by atoms with Gasteiger partial charge in [0.25, 0.3) is 0 Å². The highest BCUT2D eigenvalue weighted by atomic mass is 32.1. The Morgan fingerprint density at radius 3 is 2.76 bits per heavy atom. The number of hydrogen-bond donors (Lipinski definition) is 2. The minimum Gasteiger partial charge on any atom is -0.481 e. The zero-order valence-electron chi connectivity index (χ0n) is 13.9. The molecule has 1 aliphatic rings. The van der Waals surface area contributed by atoms with Crippen molar-refractivity contribution in [2.45, 2.75) is 44.9 Å². The lowest BCUT2D eigenvalue weighted by atomic mass is 9.74. The fraction of sp³-hybridized carbons (Fsp3) is 0.529. The number of carboxylic acid groups (broad SMARTS) is 1. The van der Waals surface area contributed by atoms with Crippen LogP contribution in [0, 0.1) is 5.41 Å². The van der Waals surface area contributed by atoms with Gasteiger partial charge in [-0.15, -0.1) is 10.2 Å². The summed E-state index contributed by atoms with van der Waals surface area (Å²) in [5.74, 6) is -0.156. The summed E-state index contributed by atoms with van der Waals surface area (Å²) < 4.78 is 5.54. The van der Waals surface area contributed by atoms with Crippen LogP contribution >= 0.6 is 11.3 Å². The van der Waals surface area contributed by atoms with Crippen molar-refractivity contribution in [1.82, 2.24) is 15.5 Å². The van der Waals surface area contributed by atoms with E-state index in [1.54, 1.807) is 11.3 Å². The number of aromatic nitrogens is 2. The second kappa shape index (κ2) is 7.77. The van der Waals surface area contributed by atoms with Crippen LogP contribution in [0.15, 0.2) is 21.2 Å². The maximum Gasteiger partial charge on any atom is 0.311 e. The number of aryl methyl sites for hydroxylation is 1. The van der Waals surface area contributed by atoms with E-state index in [1.165, 1.54) is 0 Å². The SMILES string of the molecule is O=C(CCc1nnc(-c2ccsc2)o1)NCC1(C(=O)O)CCCCC1. The molecule has 0 aromatic carbocycles. The molecular weight excluding hydrogens is 342 g/mol. The molecule has 0 bridgehead atoms. The summed E-state index contributed by atoms with van der Waals surface area (Å²) >= 11 is 1.54. The van der Waals surface area contributed by atoms with Crippen molar-refractivity contribution in [1.29, 1.82) is 0 Å². The van der Waals surface area contributed by atoms with E-state index < -0.39 is 11.4 Å². The van der Waals surface area contributed by atoms with Gasteiger partial charge in [0.15, 0.2) is 0 Å². The Balaban J connectivity index is 1.49. The third-order valence-electron chi connectivity index (χ3n) is 4.69. The summed E-state index contributed by atoms with van der Waals surface area (Å²) in [4.78, 5) is 23.7. The number of nitrogens with one attached hydrogen (secondary N) is 1. The predicted octanol–water partition coefficient (Wildman–Crippen LogP) is 2.88. The molecule has 7 nitrogen and oxygen atoms in total. The van der Waals surface area contributed by atoms with E-state index in [1.807, 2.05) is 16.8 Å². The fourth-order valence-electron chi connectivity index (χ4n) is 3.13. The van der Waals surface area contributed by atoms with Gasteiger partial charge in [-0.3, -0.25) is 9.59 Å². The summed E-state index contributed by atoms with van der Waals surface area (Å²) in [5, 5.41) is 24.1. The van der Waals surface area contributed by atoms with Gasteiger partial charge in [0, 0.05) is 30.3 Å². The summed E-state index contributed by atoms with van der Waals surface area (Å²) in [6, 6.07) is 1.89. The molecule has 2 N–H and O–H groups in total. The quantitative estimate of drug-likeness (QED) is 0.783. The zero-order chi connectivity index (χ0) is 17.7. The molecule has 1 saturated carbocycles. The smallest absolute Gasteiger partial charge is 0.311 e. The Kier molecular flexibility index (Phi) is 5.47. The van der Waals surface area contributed by atoms with Crippen LogP contribution in [-0.2, 0) is 16.0 Å². The Morgan fingerprint density at radius 1 is 1.28 bits per heavy atom. The van der Waals surface area contributed by atoms with Crippen LogP contribution in [0.2, 0.25) is 0 Å². The van der Waals surface area contributed by atoms with Crippen molar-refractivity contribution >= 4 is 23.2 Å². The van der Waals surface area contributed by atoms with Gasteiger partial charge < -0.3 is 14.8 Å². The van der Waals surface area contributed by atoms with Crippen molar-refractivity contribution in [3.05, 3.63) is 22.7 Å². The average molecular weight is 363 g/mol. The molecule has 0 aliphatic heterocycles. The summed E-state index contributed by atoms with van der Waals surface area (Å²) in [6.07, 6.45) is 4.63. The van der Waals surface area contributed by atoms with Gasteiger partial charge in [-0.2, -0.15) is 11.3 Å². The number of nitrogens with zero attached hydrogens (tertiary/aromatic N) is 2. The van der Waals surface area contributed by atoms with Crippen molar-refractivity contribution in [3.63, 3.8) is 0 Å². The number of carbonyl (C=O) groups excluding carboxylic acids is 1. The Morgan fingerprint density at radius 2 is 2.08 bits per heavy atom. The van der Waals surface area contributed by atoms with Crippen LogP contribution in [0.1, 0.15) is 44.4 Å². The number of thiophene rings is 1. The highest BCUT2D eigenvalue weighted by molar-refractivity contribution is 7.08. The standard InChI is InChI=1S/C17H21N3O4S/c21-13(18-11-17(16(22)23)7-2-1-3-8-17)4-5-14-19-20-15(24-14)12-6-9-25-10-12/h6,9-10H,1-5,7-8,11H2,(H,18,21)(H,22,23). The van der Waals surface area contributed by atoms with E-state index in [4.69, 9.17) is 4.42 Å². The maximum atomic E-state index is 12.1. The number of hydrogen-bond acceptors (Lipinski definition) is 6. The number of carboxylic acids is 1. The van der Waals surface area contributed by atoms with Crippen LogP contribution < -0.4 is 5.32 Å². The largest absolute Gasteiger partial charge is 0.481 e. The van der Waals surface area contributed by atoms with Crippen LogP contribution in [0.3, 0.4) is 0 Å². The molecule has 2 aromatic rings. The van der Waals surface area contributed by atoms with Crippen molar-refractivity contribution in [2.75, 3.05) is 6.54 Å². The number of amides is 1. The number of rotatable bonds is 7. The van der Waals surface area contributed by atoms with E-state index in [9.17, 15) is 14.7 Å². The number of carbonyl (C=O) groups is 2. The van der Waals surface area contributed by atoms with Gasteiger partial charge in [-0.1, -0.05) is 19.3 Å². The molecular formula is C17H21N3O4S. The lowest BCUT2D eigenvalue weighted by Gasteiger charge is -2.33. The molecule has 2 heterocycles. The van der Waals surface area contributed by atoms with E-state index >= 15 is 0 Å². The topological polar surface area (TPSA) is 105 Å². The molecule has 0 unspecified atom stereocenters. The van der Waals surface area contributed by atoms with Gasteiger partial charge >= 0.3 is 5.97 Å². The Bertz CT molecular complexity index is 720. The second-order valence-corrected chi connectivity index (χ2v) is 7.22. The van der Waals surface area contributed by atoms with Crippen LogP contribution in [0.4, 0.5) is 0 Å². The van der Waals surface area contributed by atoms with Gasteiger partial charge in [-0.25, -0.2) is 0 Å². The lowest BCUT2D eigenvalue weighted by Crippen LogP contribution is -2.44. The lowest BCUT2D eigenvalue weighted by molar-refractivity contribution is -0.151. The molecule has 0 spiro atoms. The summed E-state index contributed by atoms with van der Waals surface area (Å²) in [6.45, 7) is 0.186. The van der Waals surface area contributed by atoms with Gasteiger partial charge in [0.1, 0.15) is 0 Å². The van der Waals surface area contributed by atoms with Gasteiger partial charge in [-0.05, 0) is 24.3 Å². The predicted molar refractivity (Wildman–Crippen MR) is 92.1 cm³/mol. The van der Waals surface area contributed by atoms with E-state index in [-0.39, 0.29) is 18.9 Å². The molecule has 0 saturated heterocycles. The molecule has 2 aromatic heterocycles. The third kappa shape index (κ3) is 4.25. The average Bonchev–Trinajstić information content (AvgIpc) is 3.30. The van der Waals surface area contributed by atoms with Crippen LogP contribution in [0.5, 0.6) is 0 Å². The molecule has 25 heavy (non-hydrogen) atoms. The van der Waals surface area contributed by atoms with Gasteiger partial charge in [0.05, 0.1) is 5.41 Å². The van der Waals surface area contributed by atoms with E-state index in [2.05, 4.69) is 15.5 Å². The van der Waals surface area contributed by atoms with Crippen molar-refractivity contribution < 1.29 is 19.1 Å². The third-order valence-corrected chi connectivity index (χ3v) is 5.37. The molecule has 8 heteroatoms. The van der Waals surface area contributed by atoms with E-state index in [0.717, 1.165) is 24.8 Å². The first kappa shape index (κ1) is 17.6. The Labute approximate surface area is 149 Å². The molecule has 134 valence electrons. The minimum absolute atomic E-state index is 0.186.